The van der Waals surface area contributed by atoms with E-state index in [0.717, 1.165) is 17.7 Å². The molecule has 1 amide bonds. The van der Waals surface area contributed by atoms with E-state index in [2.05, 4.69) is 4.98 Å². The Morgan fingerprint density at radius 2 is 1.88 bits per heavy atom. The minimum absolute atomic E-state index is 0.0160. The molecule has 1 heterocycles. The summed E-state index contributed by atoms with van der Waals surface area (Å²) in [6, 6.07) is 7.56. The highest BCUT2D eigenvalue weighted by Gasteiger charge is 2.26. The van der Waals surface area contributed by atoms with Crippen molar-refractivity contribution in [2.24, 2.45) is 5.92 Å². The molecule has 9 heteroatoms. The van der Waals surface area contributed by atoms with Gasteiger partial charge >= 0.3 is 5.69 Å². The zero-order chi connectivity index (χ0) is 24.7. The summed E-state index contributed by atoms with van der Waals surface area (Å²) in [5.74, 6) is 0.631. The van der Waals surface area contributed by atoms with Gasteiger partial charge in [0.15, 0.2) is 5.69 Å². The first kappa shape index (κ1) is 26.2. The fourth-order valence-electron chi connectivity index (χ4n) is 3.75. The van der Waals surface area contributed by atoms with Crippen molar-refractivity contribution >= 4 is 17.4 Å². The number of hydrogen-bond donors (Lipinski definition) is 2. The van der Waals surface area contributed by atoms with Crippen molar-refractivity contribution in [1.29, 1.82) is 0 Å². The third kappa shape index (κ3) is 6.25. The largest absolute Gasteiger partial charge is 0.496 e. The Kier molecular flexibility index (Phi) is 9.28. The SMILES string of the molecule is CCCCN(C(=O)CN(C)C(C)c1ccccc1OC)c1c(N)n(CC(C)C)c(=O)[nH]c1=O. The van der Waals surface area contributed by atoms with Gasteiger partial charge in [-0.1, -0.05) is 45.4 Å². The van der Waals surface area contributed by atoms with Crippen molar-refractivity contribution in [3.63, 3.8) is 0 Å². The molecule has 0 radical (unpaired) electrons. The zero-order valence-corrected chi connectivity index (χ0v) is 20.6. The summed E-state index contributed by atoms with van der Waals surface area (Å²) in [6.45, 7) is 8.63. The molecule has 0 saturated heterocycles. The number of hydrogen-bond acceptors (Lipinski definition) is 6. The number of ether oxygens (including phenoxy) is 1. The molecule has 0 aliphatic rings. The smallest absolute Gasteiger partial charge is 0.330 e. The van der Waals surface area contributed by atoms with Gasteiger partial charge in [0.25, 0.3) is 5.56 Å². The number of aromatic nitrogens is 2. The van der Waals surface area contributed by atoms with Crippen molar-refractivity contribution in [2.45, 2.75) is 53.1 Å². The fraction of sp³-hybridized carbons (Fsp3) is 0.542. The minimum atomic E-state index is -0.651. The molecule has 2 rings (SSSR count). The van der Waals surface area contributed by atoms with E-state index in [1.807, 2.05) is 63.9 Å². The summed E-state index contributed by atoms with van der Waals surface area (Å²) in [6.07, 6.45) is 1.53. The molecule has 0 aliphatic heterocycles. The molecule has 1 atom stereocenters. The summed E-state index contributed by atoms with van der Waals surface area (Å²) >= 11 is 0. The molecular formula is C24H37N5O4. The van der Waals surface area contributed by atoms with E-state index in [9.17, 15) is 14.4 Å². The number of amides is 1. The van der Waals surface area contributed by atoms with Crippen LogP contribution in [-0.4, -0.2) is 47.6 Å². The lowest BCUT2D eigenvalue weighted by Crippen LogP contribution is -2.45. The summed E-state index contributed by atoms with van der Waals surface area (Å²) < 4.78 is 6.79. The molecule has 1 aromatic carbocycles. The summed E-state index contributed by atoms with van der Waals surface area (Å²) in [4.78, 5) is 44.2. The van der Waals surface area contributed by atoms with E-state index in [0.29, 0.717) is 19.5 Å². The van der Waals surface area contributed by atoms with Gasteiger partial charge in [-0.25, -0.2) is 4.79 Å². The summed E-state index contributed by atoms with van der Waals surface area (Å²) in [7, 11) is 3.46. The number of methoxy groups -OCH3 is 1. The normalized spacial score (nSPS) is 12.2. The van der Waals surface area contributed by atoms with Crippen molar-refractivity contribution in [1.82, 2.24) is 14.5 Å². The highest BCUT2D eigenvalue weighted by molar-refractivity contribution is 5.96. The number of likely N-dealkylation sites (N-methyl/N-ethyl adjacent to an activating group) is 1. The van der Waals surface area contributed by atoms with Gasteiger partial charge in [-0.15, -0.1) is 0 Å². The monoisotopic (exact) mass is 459 g/mol. The van der Waals surface area contributed by atoms with Gasteiger partial charge in [-0.3, -0.25) is 24.0 Å². The van der Waals surface area contributed by atoms with Gasteiger partial charge in [0.05, 0.1) is 13.7 Å². The number of anilines is 2. The second-order valence-corrected chi connectivity index (χ2v) is 8.73. The maximum Gasteiger partial charge on any atom is 0.330 e. The fourth-order valence-corrected chi connectivity index (χ4v) is 3.75. The molecule has 3 N–H and O–H groups in total. The third-order valence-electron chi connectivity index (χ3n) is 5.70. The number of H-pyrrole nitrogens is 1. The molecule has 33 heavy (non-hydrogen) atoms. The molecule has 0 spiro atoms. The van der Waals surface area contributed by atoms with Crippen molar-refractivity contribution in [2.75, 3.05) is 37.9 Å². The first-order valence-electron chi connectivity index (χ1n) is 11.4. The second kappa shape index (κ2) is 11.7. The first-order valence-corrected chi connectivity index (χ1v) is 11.4. The lowest BCUT2D eigenvalue weighted by molar-refractivity contribution is -0.119. The average molecular weight is 460 g/mol. The van der Waals surface area contributed by atoms with Crippen LogP contribution >= 0.6 is 0 Å². The number of nitrogen functional groups attached to an aromatic ring is 1. The molecule has 182 valence electrons. The molecule has 1 aromatic heterocycles. The minimum Gasteiger partial charge on any atom is -0.496 e. The second-order valence-electron chi connectivity index (χ2n) is 8.73. The molecule has 0 bridgehead atoms. The quantitative estimate of drug-likeness (QED) is 0.534. The predicted molar refractivity (Wildman–Crippen MR) is 132 cm³/mol. The number of para-hydroxylation sites is 1. The highest BCUT2D eigenvalue weighted by Crippen LogP contribution is 2.28. The number of aromatic amines is 1. The zero-order valence-electron chi connectivity index (χ0n) is 20.6. The van der Waals surface area contributed by atoms with Crippen LogP contribution in [0.2, 0.25) is 0 Å². The van der Waals surface area contributed by atoms with Gasteiger partial charge in [-0.05, 0) is 32.4 Å². The molecule has 2 aromatic rings. The maximum atomic E-state index is 13.4. The van der Waals surface area contributed by atoms with Crippen LogP contribution in [0.4, 0.5) is 11.5 Å². The van der Waals surface area contributed by atoms with Crippen LogP contribution in [0.25, 0.3) is 0 Å². The van der Waals surface area contributed by atoms with Gasteiger partial charge in [-0.2, -0.15) is 0 Å². The molecular weight excluding hydrogens is 422 g/mol. The number of nitrogens with two attached hydrogens (primary N) is 1. The van der Waals surface area contributed by atoms with Crippen molar-refractivity contribution in [3.8, 4) is 5.75 Å². The van der Waals surface area contributed by atoms with Gasteiger partial charge < -0.3 is 15.4 Å². The number of carbonyl (C=O) groups is 1. The van der Waals surface area contributed by atoms with Crippen molar-refractivity contribution < 1.29 is 9.53 Å². The van der Waals surface area contributed by atoms with Crippen LogP contribution < -0.4 is 26.6 Å². The topological polar surface area (TPSA) is 114 Å². The Balaban J connectivity index is 2.40. The predicted octanol–water partition coefficient (Wildman–Crippen LogP) is 2.61. The number of benzene rings is 1. The number of nitrogens with one attached hydrogen (secondary N) is 1. The Morgan fingerprint density at radius 3 is 2.48 bits per heavy atom. The molecule has 9 nitrogen and oxygen atoms in total. The summed E-state index contributed by atoms with van der Waals surface area (Å²) in [5, 5.41) is 0. The van der Waals surface area contributed by atoms with Crippen LogP contribution in [0, 0.1) is 5.92 Å². The number of rotatable bonds is 11. The molecule has 0 aliphatic carbocycles. The van der Waals surface area contributed by atoms with Crippen LogP contribution in [0.5, 0.6) is 5.75 Å². The van der Waals surface area contributed by atoms with Crippen LogP contribution in [0.1, 0.15) is 52.1 Å². The average Bonchev–Trinajstić information content (AvgIpc) is 2.77. The van der Waals surface area contributed by atoms with Crippen molar-refractivity contribution in [3.05, 3.63) is 50.7 Å². The van der Waals surface area contributed by atoms with Gasteiger partial charge in [0.2, 0.25) is 5.91 Å². The lowest BCUT2D eigenvalue weighted by atomic mass is 10.1. The van der Waals surface area contributed by atoms with Crippen LogP contribution in [-0.2, 0) is 11.3 Å². The van der Waals surface area contributed by atoms with E-state index in [4.69, 9.17) is 10.5 Å². The maximum absolute atomic E-state index is 13.4. The van der Waals surface area contributed by atoms with E-state index < -0.39 is 11.2 Å². The molecule has 0 saturated carbocycles. The highest BCUT2D eigenvalue weighted by atomic mass is 16.5. The van der Waals surface area contributed by atoms with Gasteiger partial charge in [0.1, 0.15) is 11.6 Å². The van der Waals surface area contributed by atoms with Crippen LogP contribution in [0.15, 0.2) is 33.9 Å². The van der Waals surface area contributed by atoms with Gasteiger partial charge in [0, 0.05) is 24.7 Å². The van der Waals surface area contributed by atoms with E-state index in [1.54, 1.807) is 7.11 Å². The number of nitrogens with zero attached hydrogens (tertiary/aromatic N) is 3. The Morgan fingerprint density at radius 1 is 1.21 bits per heavy atom. The Labute approximate surface area is 195 Å². The molecule has 0 fully saturated rings. The van der Waals surface area contributed by atoms with E-state index in [1.165, 1.54) is 9.47 Å². The van der Waals surface area contributed by atoms with Crippen LogP contribution in [0.3, 0.4) is 0 Å². The standard InChI is InChI=1S/C24H37N5O4/c1-7-8-13-28(21-22(25)29(14-16(2)3)24(32)26-23(21)31)20(30)15-27(5)17(4)18-11-9-10-12-19(18)33-6/h9-12,16-17H,7-8,13-15,25H2,1-6H3,(H,26,31,32). The number of carbonyl (C=O) groups excluding carboxylic acids is 1. The van der Waals surface area contributed by atoms with E-state index >= 15 is 0 Å². The lowest BCUT2D eigenvalue weighted by Gasteiger charge is -2.30. The third-order valence-corrected chi connectivity index (χ3v) is 5.70. The first-order chi connectivity index (χ1) is 15.6. The Bertz CT molecular complexity index is 1060. The summed E-state index contributed by atoms with van der Waals surface area (Å²) in [5.41, 5.74) is 6.05. The molecule has 1 unspecified atom stereocenters. The van der Waals surface area contributed by atoms with E-state index in [-0.39, 0.29) is 35.9 Å². The Hall–Kier alpha value is -3.07. The number of unbranched alkanes of at least 4 members (excludes halogenated alkanes) is 1.